The molecule has 1 aliphatic rings. The lowest BCUT2D eigenvalue weighted by Gasteiger charge is -1.88. The Kier molecular flexibility index (Phi) is 1.78. The van der Waals surface area contributed by atoms with Gasteiger partial charge in [-0.05, 0) is 12.0 Å². The fourth-order valence-electron chi connectivity index (χ4n) is 1.26. The Morgan fingerprint density at radius 3 is 2.58 bits per heavy atom. The van der Waals surface area contributed by atoms with E-state index in [2.05, 4.69) is 6.08 Å². The van der Waals surface area contributed by atoms with Crippen LogP contribution in [0.5, 0.6) is 0 Å². The van der Waals surface area contributed by atoms with Crippen LogP contribution >= 0.6 is 0 Å². The predicted molar refractivity (Wildman–Crippen MR) is 48.6 cm³/mol. The van der Waals surface area contributed by atoms with E-state index in [1.165, 1.54) is 11.1 Å². The molecule has 0 N–H and O–H groups in total. The minimum Gasteiger partial charge on any atom is -0.303 e. The van der Waals surface area contributed by atoms with Gasteiger partial charge in [-0.1, -0.05) is 42.0 Å². The molecule has 1 aliphatic carbocycles. The molecule has 0 radical (unpaired) electrons. The molecule has 0 amide bonds. The van der Waals surface area contributed by atoms with Gasteiger partial charge >= 0.3 is 0 Å². The maximum Gasteiger partial charge on any atom is 0.127 e. The molecule has 60 valence electrons. The number of hydrogen-bond donors (Lipinski definition) is 0. The lowest BCUT2D eigenvalue weighted by molar-refractivity contribution is -0.108. The summed E-state index contributed by atoms with van der Waals surface area (Å²) in [5.41, 5.74) is 2.45. The average molecular weight is 158 g/mol. The zero-order valence-electron chi connectivity index (χ0n) is 6.73. The van der Waals surface area contributed by atoms with E-state index in [0.717, 1.165) is 12.7 Å². The van der Waals surface area contributed by atoms with Gasteiger partial charge in [0, 0.05) is 5.92 Å². The summed E-state index contributed by atoms with van der Waals surface area (Å²) in [6, 6.07) is 10.1. The van der Waals surface area contributed by atoms with E-state index in [0.29, 0.717) is 0 Å². The zero-order valence-corrected chi connectivity index (χ0v) is 6.73. The highest BCUT2D eigenvalue weighted by atomic mass is 16.1. The van der Waals surface area contributed by atoms with Crippen molar-refractivity contribution in [2.24, 2.45) is 5.92 Å². The Morgan fingerprint density at radius 1 is 1.25 bits per heavy atom. The van der Waals surface area contributed by atoms with Gasteiger partial charge in [0.2, 0.25) is 0 Å². The van der Waals surface area contributed by atoms with Gasteiger partial charge in [0.05, 0.1) is 0 Å². The van der Waals surface area contributed by atoms with Crippen LogP contribution in [-0.2, 0) is 4.79 Å². The summed E-state index contributed by atoms with van der Waals surface area (Å²) in [7, 11) is 0. The molecule has 1 unspecified atom stereocenters. The topological polar surface area (TPSA) is 17.1 Å². The van der Waals surface area contributed by atoms with Gasteiger partial charge in [0.15, 0.2) is 0 Å². The average Bonchev–Trinajstić information content (AvgIpc) is 2.85. The molecule has 1 aromatic carbocycles. The molecule has 1 aromatic rings. The van der Waals surface area contributed by atoms with E-state index in [1.54, 1.807) is 0 Å². The van der Waals surface area contributed by atoms with Crippen LogP contribution in [0.4, 0.5) is 0 Å². The summed E-state index contributed by atoms with van der Waals surface area (Å²) in [5.74, 6) is 0.213. The van der Waals surface area contributed by atoms with Gasteiger partial charge in [-0.15, -0.1) is 0 Å². The molecule has 1 saturated carbocycles. The Morgan fingerprint density at radius 2 is 2.00 bits per heavy atom. The summed E-state index contributed by atoms with van der Waals surface area (Å²) >= 11 is 0. The van der Waals surface area contributed by atoms with Crippen LogP contribution in [0, 0.1) is 5.92 Å². The summed E-state index contributed by atoms with van der Waals surface area (Å²) in [4.78, 5) is 10.3. The SMILES string of the molecule is O=CC1C/C1=C/c1ccccc1. The molecule has 0 saturated heterocycles. The maximum absolute atomic E-state index is 10.3. The Hall–Kier alpha value is -1.37. The number of benzene rings is 1. The molecule has 1 heteroatoms. The Balaban J connectivity index is 2.15. The van der Waals surface area contributed by atoms with Crippen molar-refractivity contribution in [1.82, 2.24) is 0 Å². The first-order chi connectivity index (χ1) is 5.90. The van der Waals surface area contributed by atoms with E-state index in [9.17, 15) is 4.79 Å². The normalized spacial score (nSPS) is 24.0. The van der Waals surface area contributed by atoms with Crippen molar-refractivity contribution >= 4 is 12.4 Å². The standard InChI is InChI=1S/C11H10O/c12-8-11-7-10(11)6-9-4-2-1-3-5-9/h1-6,8,11H,7H2/b10-6-. The monoisotopic (exact) mass is 158 g/mol. The molecule has 0 spiro atoms. The Bertz CT molecular complexity index is 311. The smallest absolute Gasteiger partial charge is 0.127 e. The summed E-state index contributed by atoms with van der Waals surface area (Å²) in [5, 5.41) is 0. The van der Waals surface area contributed by atoms with Crippen molar-refractivity contribution in [1.29, 1.82) is 0 Å². The molecule has 2 rings (SSSR count). The van der Waals surface area contributed by atoms with Crippen LogP contribution in [0.2, 0.25) is 0 Å². The zero-order chi connectivity index (χ0) is 8.39. The minimum absolute atomic E-state index is 0.213. The fraction of sp³-hybridized carbons (Fsp3) is 0.182. The van der Waals surface area contributed by atoms with Crippen molar-refractivity contribution in [3.05, 3.63) is 41.5 Å². The molecule has 1 fully saturated rings. The lowest BCUT2D eigenvalue weighted by atomic mass is 10.2. The van der Waals surface area contributed by atoms with Crippen LogP contribution in [0.1, 0.15) is 12.0 Å². The van der Waals surface area contributed by atoms with Crippen molar-refractivity contribution in [3.8, 4) is 0 Å². The summed E-state index contributed by atoms with van der Waals surface area (Å²) in [6.07, 6.45) is 4.08. The number of allylic oxidation sites excluding steroid dienone is 1. The number of carbonyl (C=O) groups is 1. The van der Waals surface area contributed by atoms with Crippen molar-refractivity contribution in [2.45, 2.75) is 6.42 Å². The molecule has 0 bridgehead atoms. The van der Waals surface area contributed by atoms with E-state index in [4.69, 9.17) is 0 Å². The van der Waals surface area contributed by atoms with E-state index >= 15 is 0 Å². The van der Waals surface area contributed by atoms with Gasteiger partial charge < -0.3 is 4.79 Å². The van der Waals surface area contributed by atoms with E-state index < -0.39 is 0 Å². The second-order valence-electron chi connectivity index (χ2n) is 3.08. The van der Waals surface area contributed by atoms with Crippen molar-refractivity contribution < 1.29 is 4.79 Å². The molecule has 0 aromatic heterocycles. The second-order valence-corrected chi connectivity index (χ2v) is 3.08. The third kappa shape index (κ3) is 1.45. The number of carbonyl (C=O) groups excluding carboxylic acids is 1. The van der Waals surface area contributed by atoms with Crippen LogP contribution in [0.25, 0.3) is 6.08 Å². The first-order valence-electron chi connectivity index (χ1n) is 4.11. The lowest BCUT2D eigenvalue weighted by Crippen LogP contribution is -1.72. The highest BCUT2D eigenvalue weighted by molar-refractivity contribution is 5.72. The molecule has 1 atom stereocenters. The third-order valence-corrected chi connectivity index (χ3v) is 2.09. The quantitative estimate of drug-likeness (QED) is 0.603. The van der Waals surface area contributed by atoms with Crippen LogP contribution in [-0.4, -0.2) is 6.29 Å². The van der Waals surface area contributed by atoms with Crippen LogP contribution in [0.3, 0.4) is 0 Å². The first-order valence-corrected chi connectivity index (χ1v) is 4.11. The van der Waals surface area contributed by atoms with Gasteiger partial charge in [-0.2, -0.15) is 0 Å². The third-order valence-electron chi connectivity index (χ3n) is 2.09. The number of rotatable bonds is 2. The predicted octanol–water partition coefficient (Wildman–Crippen LogP) is 2.29. The van der Waals surface area contributed by atoms with Crippen LogP contribution < -0.4 is 0 Å². The highest BCUT2D eigenvalue weighted by Crippen LogP contribution is 2.36. The molecule has 0 heterocycles. The first kappa shape index (κ1) is 7.29. The van der Waals surface area contributed by atoms with Gasteiger partial charge in [0.1, 0.15) is 6.29 Å². The summed E-state index contributed by atoms with van der Waals surface area (Å²) in [6.45, 7) is 0. The van der Waals surface area contributed by atoms with E-state index in [-0.39, 0.29) is 5.92 Å². The van der Waals surface area contributed by atoms with Crippen molar-refractivity contribution in [2.75, 3.05) is 0 Å². The minimum atomic E-state index is 0.213. The molecule has 1 nitrogen and oxygen atoms in total. The largest absolute Gasteiger partial charge is 0.303 e. The molecular weight excluding hydrogens is 148 g/mol. The number of hydrogen-bond acceptors (Lipinski definition) is 1. The maximum atomic E-state index is 10.3. The molecule has 0 aliphatic heterocycles. The van der Waals surface area contributed by atoms with Gasteiger partial charge in [0.25, 0.3) is 0 Å². The second kappa shape index (κ2) is 2.94. The van der Waals surface area contributed by atoms with E-state index in [1.807, 2.05) is 30.3 Å². The Labute approximate surface area is 71.7 Å². The van der Waals surface area contributed by atoms with Gasteiger partial charge in [-0.25, -0.2) is 0 Å². The fourth-order valence-corrected chi connectivity index (χ4v) is 1.26. The summed E-state index contributed by atoms with van der Waals surface area (Å²) < 4.78 is 0. The van der Waals surface area contributed by atoms with Gasteiger partial charge in [-0.3, -0.25) is 0 Å². The molecule has 12 heavy (non-hydrogen) atoms. The highest BCUT2D eigenvalue weighted by Gasteiger charge is 2.28. The van der Waals surface area contributed by atoms with Crippen LogP contribution in [0.15, 0.2) is 35.9 Å². The molecular formula is C11H10O. The van der Waals surface area contributed by atoms with Crippen molar-refractivity contribution in [3.63, 3.8) is 0 Å². The number of aldehydes is 1.